The maximum atomic E-state index is 12.0. The third-order valence-corrected chi connectivity index (χ3v) is 2.80. The van der Waals surface area contributed by atoms with Crippen LogP contribution in [-0.2, 0) is 4.79 Å². The van der Waals surface area contributed by atoms with Crippen molar-refractivity contribution in [2.24, 2.45) is 5.92 Å². The summed E-state index contributed by atoms with van der Waals surface area (Å²) in [6.07, 6.45) is 0. The quantitative estimate of drug-likeness (QED) is 0.810. The van der Waals surface area contributed by atoms with E-state index in [-0.39, 0.29) is 36.6 Å². The molecule has 17 heavy (non-hydrogen) atoms. The third-order valence-electron chi connectivity index (χ3n) is 2.80. The first kappa shape index (κ1) is 19.3. The summed E-state index contributed by atoms with van der Waals surface area (Å²) in [6, 6.07) is 0.805. The molecule has 0 saturated carbocycles. The average Bonchev–Trinajstić information content (AvgIpc) is 2.15. The Labute approximate surface area is 117 Å². The van der Waals surface area contributed by atoms with Crippen molar-refractivity contribution in [3.05, 3.63) is 0 Å². The molecule has 6 heteroatoms. The smallest absolute Gasteiger partial charge is 0.226 e. The summed E-state index contributed by atoms with van der Waals surface area (Å²) < 4.78 is 0. The van der Waals surface area contributed by atoms with Gasteiger partial charge in [-0.1, -0.05) is 6.92 Å². The number of hydrogen-bond donors (Lipinski definition) is 2. The van der Waals surface area contributed by atoms with Gasteiger partial charge in [-0.3, -0.25) is 4.79 Å². The van der Waals surface area contributed by atoms with E-state index in [9.17, 15) is 4.79 Å². The van der Waals surface area contributed by atoms with Crippen LogP contribution in [0.3, 0.4) is 0 Å². The van der Waals surface area contributed by atoms with Crippen LogP contribution < -0.4 is 10.6 Å². The molecule has 0 aromatic rings. The highest BCUT2D eigenvalue weighted by atomic mass is 35.5. The van der Waals surface area contributed by atoms with Gasteiger partial charge in [0.25, 0.3) is 0 Å². The molecule has 1 aliphatic heterocycles. The maximum Gasteiger partial charge on any atom is 0.226 e. The fourth-order valence-corrected chi connectivity index (χ4v) is 2.21. The molecule has 3 unspecified atom stereocenters. The van der Waals surface area contributed by atoms with Crippen molar-refractivity contribution < 1.29 is 4.79 Å². The molecule has 1 aliphatic rings. The second kappa shape index (κ2) is 8.97. The summed E-state index contributed by atoms with van der Waals surface area (Å²) >= 11 is 0. The number of amides is 1. The van der Waals surface area contributed by atoms with Crippen LogP contribution in [0, 0.1) is 5.92 Å². The fraction of sp³-hybridized carbons (Fsp3) is 0.909. The molecule has 1 heterocycles. The first-order chi connectivity index (χ1) is 7.04. The Kier molecular flexibility index (Phi) is 10.2. The minimum Gasteiger partial charge on any atom is -0.339 e. The van der Waals surface area contributed by atoms with Gasteiger partial charge in [-0.15, -0.1) is 24.8 Å². The molecule has 1 rings (SSSR count). The molecular formula is C11H25Cl2N3O. The Morgan fingerprint density at radius 1 is 1.35 bits per heavy atom. The lowest BCUT2D eigenvalue weighted by Crippen LogP contribution is -2.57. The van der Waals surface area contributed by atoms with Gasteiger partial charge < -0.3 is 15.5 Å². The zero-order valence-corrected chi connectivity index (χ0v) is 12.7. The predicted molar refractivity (Wildman–Crippen MR) is 76.2 cm³/mol. The normalized spacial score (nSPS) is 25.5. The van der Waals surface area contributed by atoms with E-state index in [0.717, 1.165) is 19.6 Å². The lowest BCUT2D eigenvalue weighted by Gasteiger charge is -2.37. The van der Waals surface area contributed by atoms with Gasteiger partial charge in [-0.25, -0.2) is 0 Å². The Bertz CT molecular complexity index is 219. The summed E-state index contributed by atoms with van der Waals surface area (Å²) in [4.78, 5) is 14.0. The van der Waals surface area contributed by atoms with E-state index in [4.69, 9.17) is 0 Å². The lowest BCUT2D eigenvalue weighted by molar-refractivity contribution is -0.136. The van der Waals surface area contributed by atoms with Crippen molar-refractivity contribution in [3.63, 3.8) is 0 Å². The molecule has 3 atom stereocenters. The van der Waals surface area contributed by atoms with Crippen molar-refractivity contribution in [1.29, 1.82) is 0 Å². The number of nitrogens with zero attached hydrogens (tertiary/aromatic N) is 1. The third kappa shape index (κ3) is 5.91. The summed E-state index contributed by atoms with van der Waals surface area (Å²) in [5.41, 5.74) is 0. The highest BCUT2D eigenvalue weighted by Gasteiger charge is 2.27. The van der Waals surface area contributed by atoms with Gasteiger partial charge in [0.05, 0.1) is 0 Å². The first-order valence-electron chi connectivity index (χ1n) is 5.74. The van der Waals surface area contributed by atoms with E-state index in [1.54, 1.807) is 0 Å². The van der Waals surface area contributed by atoms with E-state index in [1.807, 2.05) is 18.9 Å². The summed E-state index contributed by atoms with van der Waals surface area (Å²) in [5.74, 6) is 0.344. The van der Waals surface area contributed by atoms with Crippen LogP contribution in [0.2, 0.25) is 0 Å². The molecule has 1 saturated heterocycles. The van der Waals surface area contributed by atoms with E-state index in [2.05, 4.69) is 24.5 Å². The Hall–Kier alpha value is -0.0300. The van der Waals surface area contributed by atoms with Gasteiger partial charge in [-0.05, 0) is 20.9 Å². The second-order valence-electron chi connectivity index (χ2n) is 4.67. The molecule has 0 radical (unpaired) electrons. The predicted octanol–water partition coefficient (Wildman–Crippen LogP) is 0.894. The molecule has 0 aliphatic carbocycles. The van der Waals surface area contributed by atoms with Crippen LogP contribution >= 0.6 is 24.8 Å². The number of rotatable bonds is 3. The second-order valence-corrected chi connectivity index (χ2v) is 4.67. The van der Waals surface area contributed by atoms with Crippen LogP contribution in [0.25, 0.3) is 0 Å². The van der Waals surface area contributed by atoms with E-state index < -0.39 is 0 Å². The van der Waals surface area contributed by atoms with E-state index >= 15 is 0 Å². The largest absolute Gasteiger partial charge is 0.339 e. The van der Waals surface area contributed by atoms with Crippen molar-refractivity contribution in [1.82, 2.24) is 15.5 Å². The molecule has 104 valence electrons. The highest BCUT2D eigenvalue weighted by Crippen LogP contribution is 2.08. The van der Waals surface area contributed by atoms with E-state index in [1.165, 1.54) is 0 Å². The van der Waals surface area contributed by atoms with Crippen LogP contribution in [0.4, 0.5) is 0 Å². The number of carbonyl (C=O) groups is 1. The number of carbonyl (C=O) groups excluding carboxylic acids is 1. The standard InChI is InChI=1S/C11H23N3O.2ClH/c1-8(5-12-4)11(15)14-6-9(2)13-10(3)7-14;;/h8-10,12-13H,5-7H2,1-4H3;2*1H. The molecule has 4 nitrogen and oxygen atoms in total. The minimum absolute atomic E-state index is 0. The molecule has 0 spiro atoms. The van der Waals surface area contributed by atoms with Crippen LogP contribution in [0.5, 0.6) is 0 Å². The lowest BCUT2D eigenvalue weighted by atomic mass is 10.1. The summed E-state index contributed by atoms with van der Waals surface area (Å²) in [6.45, 7) is 8.65. The van der Waals surface area contributed by atoms with Gasteiger partial charge in [0.1, 0.15) is 0 Å². The van der Waals surface area contributed by atoms with Crippen LogP contribution in [-0.4, -0.2) is 49.6 Å². The van der Waals surface area contributed by atoms with Crippen molar-refractivity contribution in [3.8, 4) is 0 Å². The number of hydrogen-bond acceptors (Lipinski definition) is 3. The topological polar surface area (TPSA) is 44.4 Å². The van der Waals surface area contributed by atoms with Crippen LogP contribution in [0.15, 0.2) is 0 Å². The Morgan fingerprint density at radius 2 is 1.82 bits per heavy atom. The first-order valence-corrected chi connectivity index (χ1v) is 5.74. The van der Waals surface area contributed by atoms with Crippen molar-refractivity contribution in [2.45, 2.75) is 32.9 Å². The SMILES string of the molecule is CNCC(C)C(=O)N1CC(C)NC(C)C1.Cl.Cl. The van der Waals surface area contributed by atoms with Gasteiger partial charge >= 0.3 is 0 Å². The minimum atomic E-state index is 0. The van der Waals surface area contributed by atoms with Crippen LogP contribution in [0.1, 0.15) is 20.8 Å². The molecule has 0 aromatic carbocycles. The van der Waals surface area contributed by atoms with Crippen molar-refractivity contribution >= 4 is 30.7 Å². The molecule has 0 aromatic heterocycles. The van der Waals surface area contributed by atoms with E-state index in [0.29, 0.717) is 12.1 Å². The zero-order chi connectivity index (χ0) is 11.4. The zero-order valence-electron chi connectivity index (χ0n) is 11.0. The average molecular weight is 286 g/mol. The van der Waals surface area contributed by atoms with Gasteiger partial charge in [0, 0.05) is 37.6 Å². The van der Waals surface area contributed by atoms with Crippen molar-refractivity contribution in [2.75, 3.05) is 26.7 Å². The number of nitrogens with one attached hydrogen (secondary N) is 2. The Balaban J connectivity index is 0. The molecular weight excluding hydrogens is 261 g/mol. The monoisotopic (exact) mass is 285 g/mol. The van der Waals surface area contributed by atoms with Gasteiger partial charge in [0.15, 0.2) is 0 Å². The molecule has 2 N–H and O–H groups in total. The Morgan fingerprint density at radius 3 is 2.24 bits per heavy atom. The fourth-order valence-electron chi connectivity index (χ4n) is 2.21. The number of piperazine rings is 1. The van der Waals surface area contributed by atoms with Gasteiger partial charge in [-0.2, -0.15) is 0 Å². The summed E-state index contributed by atoms with van der Waals surface area (Å²) in [5, 5.41) is 6.47. The molecule has 1 amide bonds. The summed E-state index contributed by atoms with van der Waals surface area (Å²) in [7, 11) is 1.88. The number of halogens is 2. The molecule has 0 bridgehead atoms. The maximum absolute atomic E-state index is 12.0. The highest BCUT2D eigenvalue weighted by molar-refractivity contribution is 5.85. The molecule has 1 fully saturated rings. The van der Waals surface area contributed by atoms with Gasteiger partial charge in [0.2, 0.25) is 5.91 Å².